The van der Waals surface area contributed by atoms with E-state index in [1.165, 1.54) is 18.2 Å². The van der Waals surface area contributed by atoms with Gasteiger partial charge in [-0.15, -0.1) is 0 Å². The van der Waals surface area contributed by atoms with Crippen LogP contribution in [0.1, 0.15) is 12.5 Å². The van der Waals surface area contributed by atoms with Crippen molar-refractivity contribution < 1.29 is 13.6 Å². The third-order valence-electron chi connectivity index (χ3n) is 4.07. The molecular weight excluding hydrogens is 288 g/mol. The van der Waals surface area contributed by atoms with Crippen molar-refractivity contribution in [3.8, 4) is 0 Å². The average molecular weight is 311 g/mol. The van der Waals surface area contributed by atoms with E-state index in [1.54, 1.807) is 0 Å². The Labute approximate surface area is 130 Å². The van der Waals surface area contributed by atoms with Gasteiger partial charge in [-0.25, -0.2) is 8.78 Å². The van der Waals surface area contributed by atoms with E-state index in [-0.39, 0.29) is 24.4 Å². The van der Waals surface area contributed by atoms with Gasteiger partial charge in [0.15, 0.2) is 0 Å². The molecular formula is C16H23F2N3O. The van der Waals surface area contributed by atoms with E-state index in [9.17, 15) is 13.6 Å². The maximum atomic E-state index is 13.5. The summed E-state index contributed by atoms with van der Waals surface area (Å²) < 4.78 is 26.9. The van der Waals surface area contributed by atoms with Gasteiger partial charge < -0.3 is 10.2 Å². The zero-order chi connectivity index (χ0) is 16.1. The van der Waals surface area contributed by atoms with E-state index in [4.69, 9.17) is 0 Å². The lowest BCUT2D eigenvalue weighted by Crippen LogP contribution is -2.53. The molecule has 1 heterocycles. The number of hydrogen-bond acceptors (Lipinski definition) is 3. The lowest BCUT2D eigenvalue weighted by atomic mass is 10.1. The highest BCUT2D eigenvalue weighted by atomic mass is 19.1. The maximum Gasteiger partial charge on any atom is 0.234 e. The lowest BCUT2D eigenvalue weighted by molar-refractivity contribution is -0.123. The minimum absolute atomic E-state index is 0.0239. The summed E-state index contributed by atoms with van der Waals surface area (Å²) in [5.41, 5.74) is 0.0239. The van der Waals surface area contributed by atoms with Gasteiger partial charge in [0.05, 0.1) is 6.54 Å². The monoisotopic (exact) mass is 311 g/mol. The summed E-state index contributed by atoms with van der Waals surface area (Å²) >= 11 is 0. The van der Waals surface area contributed by atoms with Crippen molar-refractivity contribution >= 4 is 5.91 Å². The number of hydrogen-bond donors (Lipinski definition) is 1. The third kappa shape index (κ3) is 4.48. The zero-order valence-electron chi connectivity index (χ0n) is 13.1. The number of amides is 1. The summed E-state index contributed by atoms with van der Waals surface area (Å²) in [5.74, 6) is -1.24. The van der Waals surface area contributed by atoms with Crippen LogP contribution in [0.2, 0.25) is 0 Å². The fourth-order valence-electron chi connectivity index (χ4n) is 2.75. The minimum atomic E-state index is -0.568. The SMILES string of the molecule is C[C@@H]1CN(C)CCN1CC(=O)NCCc1c(F)cccc1F. The van der Waals surface area contributed by atoms with Crippen molar-refractivity contribution in [1.29, 1.82) is 0 Å². The highest BCUT2D eigenvalue weighted by Gasteiger charge is 2.23. The Hall–Kier alpha value is -1.53. The Kier molecular flexibility index (Phi) is 5.85. The zero-order valence-corrected chi connectivity index (χ0v) is 13.1. The van der Waals surface area contributed by atoms with E-state index in [2.05, 4.69) is 29.1 Å². The molecule has 0 saturated carbocycles. The van der Waals surface area contributed by atoms with Crippen LogP contribution in [0.3, 0.4) is 0 Å². The summed E-state index contributed by atoms with van der Waals surface area (Å²) in [6.07, 6.45) is 0.155. The van der Waals surface area contributed by atoms with Gasteiger partial charge in [-0.2, -0.15) is 0 Å². The van der Waals surface area contributed by atoms with Gasteiger partial charge in [0, 0.05) is 37.8 Å². The molecule has 0 bridgehead atoms. The van der Waals surface area contributed by atoms with Gasteiger partial charge in [-0.3, -0.25) is 9.69 Å². The van der Waals surface area contributed by atoms with Gasteiger partial charge in [-0.1, -0.05) is 6.07 Å². The molecule has 1 atom stereocenters. The number of carbonyl (C=O) groups excluding carboxylic acids is 1. The van der Waals surface area contributed by atoms with Crippen molar-refractivity contribution in [2.75, 3.05) is 39.8 Å². The topological polar surface area (TPSA) is 35.6 Å². The number of nitrogens with one attached hydrogen (secondary N) is 1. The highest BCUT2D eigenvalue weighted by Crippen LogP contribution is 2.12. The molecule has 0 unspecified atom stereocenters. The van der Waals surface area contributed by atoms with Crippen molar-refractivity contribution in [2.24, 2.45) is 0 Å². The number of halogens is 2. The standard InChI is InChI=1S/C16H23F2N3O/c1-12-10-20(2)8-9-21(12)11-16(22)19-7-6-13-14(17)4-3-5-15(13)18/h3-5,12H,6-11H2,1-2H3,(H,19,22)/t12-/m1/s1. The second-order valence-electron chi connectivity index (χ2n) is 5.88. The normalized spacial score (nSPS) is 20.1. The van der Waals surface area contributed by atoms with Crippen molar-refractivity contribution in [2.45, 2.75) is 19.4 Å². The van der Waals surface area contributed by atoms with Gasteiger partial charge in [0.1, 0.15) is 11.6 Å². The van der Waals surface area contributed by atoms with Crippen LogP contribution in [0.4, 0.5) is 8.78 Å². The second kappa shape index (κ2) is 7.65. The lowest BCUT2D eigenvalue weighted by Gasteiger charge is -2.37. The van der Waals surface area contributed by atoms with Gasteiger partial charge in [-0.05, 0) is 32.5 Å². The Balaban J connectivity index is 1.76. The smallest absolute Gasteiger partial charge is 0.234 e. The number of benzene rings is 1. The molecule has 122 valence electrons. The molecule has 1 amide bonds. The van der Waals surface area contributed by atoms with Crippen LogP contribution in [0.15, 0.2) is 18.2 Å². The first kappa shape index (κ1) is 16.8. The molecule has 1 saturated heterocycles. The van der Waals surface area contributed by atoms with Crippen LogP contribution in [-0.2, 0) is 11.2 Å². The van der Waals surface area contributed by atoms with E-state index in [0.29, 0.717) is 12.6 Å². The highest BCUT2D eigenvalue weighted by molar-refractivity contribution is 5.78. The predicted octanol–water partition coefficient (Wildman–Crippen LogP) is 1.26. The summed E-state index contributed by atoms with van der Waals surface area (Å²) in [7, 11) is 2.07. The van der Waals surface area contributed by atoms with Crippen molar-refractivity contribution in [1.82, 2.24) is 15.1 Å². The van der Waals surface area contributed by atoms with Crippen LogP contribution in [-0.4, -0.2) is 61.5 Å². The number of nitrogens with zero attached hydrogens (tertiary/aromatic N) is 2. The molecule has 0 radical (unpaired) electrons. The van der Waals surface area contributed by atoms with Gasteiger partial charge >= 0.3 is 0 Å². The Bertz CT molecular complexity index is 504. The summed E-state index contributed by atoms with van der Waals surface area (Å²) in [6.45, 7) is 5.39. The summed E-state index contributed by atoms with van der Waals surface area (Å²) in [5, 5.41) is 2.74. The Morgan fingerprint density at radius 2 is 2.00 bits per heavy atom. The third-order valence-corrected chi connectivity index (χ3v) is 4.07. The minimum Gasteiger partial charge on any atom is -0.355 e. The molecule has 1 aromatic carbocycles. The number of piperazine rings is 1. The van der Waals surface area contributed by atoms with Crippen LogP contribution < -0.4 is 5.32 Å². The molecule has 4 nitrogen and oxygen atoms in total. The molecule has 1 N–H and O–H groups in total. The molecule has 1 aromatic rings. The van der Waals surface area contributed by atoms with Gasteiger partial charge in [0.2, 0.25) is 5.91 Å². The first-order valence-corrected chi connectivity index (χ1v) is 7.59. The van der Waals surface area contributed by atoms with E-state index >= 15 is 0 Å². The molecule has 0 spiro atoms. The molecule has 22 heavy (non-hydrogen) atoms. The molecule has 1 fully saturated rings. The molecule has 1 aliphatic heterocycles. The first-order valence-electron chi connectivity index (χ1n) is 7.59. The summed E-state index contributed by atoms with van der Waals surface area (Å²) in [6, 6.07) is 4.12. The van der Waals surface area contributed by atoms with Crippen LogP contribution >= 0.6 is 0 Å². The van der Waals surface area contributed by atoms with E-state index < -0.39 is 11.6 Å². The van der Waals surface area contributed by atoms with E-state index in [0.717, 1.165) is 19.6 Å². The molecule has 2 rings (SSSR count). The van der Waals surface area contributed by atoms with Crippen LogP contribution in [0, 0.1) is 11.6 Å². The average Bonchev–Trinajstić information content (AvgIpc) is 2.45. The van der Waals surface area contributed by atoms with Gasteiger partial charge in [0.25, 0.3) is 0 Å². The van der Waals surface area contributed by atoms with Crippen molar-refractivity contribution in [3.63, 3.8) is 0 Å². The number of rotatable bonds is 5. The second-order valence-corrected chi connectivity index (χ2v) is 5.88. The van der Waals surface area contributed by atoms with Crippen LogP contribution in [0.25, 0.3) is 0 Å². The summed E-state index contributed by atoms with van der Waals surface area (Å²) in [4.78, 5) is 16.3. The molecule has 0 aliphatic carbocycles. The fourth-order valence-corrected chi connectivity index (χ4v) is 2.75. The Morgan fingerprint density at radius 3 is 2.64 bits per heavy atom. The predicted molar refractivity (Wildman–Crippen MR) is 81.6 cm³/mol. The largest absolute Gasteiger partial charge is 0.355 e. The first-order chi connectivity index (χ1) is 10.5. The maximum absolute atomic E-state index is 13.5. The fraction of sp³-hybridized carbons (Fsp3) is 0.562. The van der Waals surface area contributed by atoms with Crippen molar-refractivity contribution in [3.05, 3.63) is 35.4 Å². The number of carbonyl (C=O) groups is 1. The quantitative estimate of drug-likeness (QED) is 0.889. The molecule has 1 aliphatic rings. The molecule has 6 heteroatoms. The van der Waals surface area contributed by atoms with E-state index in [1.807, 2.05) is 0 Å². The van der Waals surface area contributed by atoms with Crippen LogP contribution in [0.5, 0.6) is 0 Å². The molecule has 0 aromatic heterocycles. The number of likely N-dealkylation sites (N-methyl/N-ethyl adjacent to an activating group) is 1. The Morgan fingerprint density at radius 1 is 1.32 bits per heavy atom.